The van der Waals surface area contributed by atoms with Gasteiger partial charge in [0.2, 0.25) is 10.0 Å². The summed E-state index contributed by atoms with van der Waals surface area (Å²) in [6, 6.07) is 6.37. The number of sulfonamides is 1. The average Bonchev–Trinajstić information content (AvgIpc) is 2.99. The molecule has 2 aromatic rings. The second kappa shape index (κ2) is 7.13. The third-order valence-corrected chi connectivity index (χ3v) is 5.53. The average molecular weight is 326 g/mol. The van der Waals surface area contributed by atoms with Gasteiger partial charge in [-0.25, -0.2) is 18.1 Å². The molecule has 0 fully saturated rings. The lowest BCUT2D eigenvalue weighted by Gasteiger charge is -2.12. The third kappa shape index (κ3) is 4.34. The molecule has 0 spiro atoms. The summed E-state index contributed by atoms with van der Waals surface area (Å²) in [6.45, 7) is 1.90. The van der Waals surface area contributed by atoms with E-state index in [0.29, 0.717) is 6.42 Å². The molecule has 2 rings (SSSR count). The number of aromatic nitrogens is 1. The lowest BCUT2D eigenvalue weighted by atomic mass is 10.1. The van der Waals surface area contributed by atoms with Crippen molar-refractivity contribution in [3.63, 3.8) is 0 Å². The standard InChI is InChI=1S/C14H18N2O3S2/c1-11(14-15-8-10-20-14)16-21(18,19)13-6-4-12(5-7-13)3-2-9-17/h4-8,10-11,16-17H,2-3,9H2,1H3. The summed E-state index contributed by atoms with van der Waals surface area (Å²) in [5.74, 6) is 0. The van der Waals surface area contributed by atoms with E-state index in [1.165, 1.54) is 11.3 Å². The number of aliphatic hydroxyl groups is 1. The summed E-state index contributed by atoms with van der Waals surface area (Å²) in [4.78, 5) is 4.34. The number of nitrogens with zero attached hydrogens (tertiary/aromatic N) is 1. The molecule has 114 valence electrons. The van der Waals surface area contributed by atoms with Crippen LogP contribution in [0, 0.1) is 0 Å². The maximum atomic E-state index is 12.3. The van der Waals surface area contributed by atoms with Gasteiger partial charge >= 0.3 is 0 Å². The Hall–Kier alpha value is -1.28. The molecule has 0 aliphatic rings. The van der Waals surface area contributed by atoms with Gasteiger partial charge in [0.25, 0.3) is 0 Å². The molecule has 0 saturated heterocycles. The first-order valence-corrected chi connectivity index (χ1v) is 9.01. The molecule has 0 aliphatic heterocycles. The molecule has 1 unspecified atom stereocenters. The van der Waals surface area contributed by atoms with Gasteiger partial charge in [0.15, 0.2) is 0 Å². The van der Waals surface area contributed by atoms with Gasteiger partial charge < -0.3 is 5.11 Å². The van der Waals surface area contributed by atoms with Crippen molar-refractivity contribution in [2.45, 2.75) is 30.7 Å². The highest BCUT2D eigenvalue weighted by Crippen LogP contribution is 2.19. The van der Waals surface area contributed by atoms with E-state index < -0.39 is 10.0 Å². The first kappa shape index (κ1) is 16.1. The quantitative estimate of drug-likeness (QED) is 0.817. The van der Waals surface area contributed by atoms with Crippen LogP contribution < -0.4 is 4.72 Å². The number of thiazole rings is 1. The van der Waals surface area contributed by atoms with E-state index in [9.17, 15) is 8.42 Å². The van der Waals surface area contributed by atoms with Crippen molar-refractivity contribution < 1.29 is 13.5 Å². The first-order valence-electron chi connectivity index (χ1n) is 6.64. The molecule has 1 atom stereocenters. The predicted octanol–water partition coefficient (Wildman–Crippen LogP) is 2.11. The minimum absolute atomic E-state index is 0.132. The number of aryl methyl sites for hydroxylation is 1. The molecule has 0 aliphatic carbocycles. The summed E-state index contributed by atoms with van der Waals surface area (Å²) in [5, 5.41) is 11.3. The van der Waals surface area contributed by atoms with Crippen molar-refractivity contribution in [2.75, 3.05) is 6.61 Å². The van der Waals surface area contributed by atoms with Crippen molar-refractivity contribution in [3.8, 4) is 0 Å². The molecule has 5 nitrogen and oxygen atoms in total. The van der Waals surface area contributed by atoms with Gasteiger partial charge in [0.1, 0.15) is 5.01 Å². The van der Waals surface area contributed by atoms with E-state index in [-0.39, 0.29) is 17.5 Å². The second-order valence-corrected chi connectivity index (χ2v) is 7.32. The van der Waals surface area contributed by atoms with Gasteiger partial charge in [-0.15, -0.1) is 11.3 Å². The maximum absolute atomic E-state index is 12.3. The van der Waals surface area contributed by atoms with Crippen molar-refractivity contribution >= 4 is 21.4 Å². The predicted molar refractivity (Wildman–Crippen MR) is 82.7 cm³/mol. The number of nitrogens with one attached hydrogen (secondary N) is 1. The fourth-order valence-corrected chi connectivity index (χ4v) is 3.85. The Morgan fingerprint density at radius 2 is 2.05 bits per heavy atom. The smallest absolute Gasteiger partial charge is 0.241 e. The second-order valence-electron chi connectivity index (χ2n) is 4.68. The summed E-state index contributed by atoms with van der Waals surface area (Å²) in [6.07, 6.45) is 3.06. The van der Waals surface area contributed by atoms with E-state index in [1.807, 2.05) is 5.38 Å². The van der Waals surface area contributed by atoms with Crippen molar-refractivity contribution in [1.82, 2.24) is 9.71 Å². The largest absolute Gasteiger partial charge is 0.396 e. The fourth-order valence-electron chi connectivity index (χ4n) is 1.92. The summed E-state index contributed by atoms with van der Waals surface area (Å²) >= 11 is 1.42. The van der Waals surface area contributed by atoms with E-state index in [0.717, 1.165) is 17.0 Å². The molecule has 21 heavy (non-hydrogen) atoms. The molecule has 1 aromatic carbocycles. The highest BCUT2D eigenvalue weighted by atomic mass is 32.2. The number of rotatable bonds is 7. The Morgan fingerprint density at radius 3 is 2.62 bits per heavy atom. The molecule has 7 heteroatoms. The number of hydrogen-bond donors (Lipinski definition) is 2. The normalized spacial score (nSPS) is 13.2. The lowest BCUT2D eigenvalue weighted by Crippen LogP contribution is -2.26. The summed E-state index contributed by atoms with van der Waals surface area (Å²) in [7, 11) is -3.56. The zero-order valence-electron chi connectivity index (χ0n) is 11.7. The molecule has 0 saturated carbocycles. The fraction of sp³-hybridized carbons (Fsp3) is 0.357. The van der Waals surface area contributed by atoms with Gasteiger partial charge in [-0.2, -0.15) is 0 Å². The number of aliphatic hydroxyl groups excluding tert-OH is 1. The third-order valence-electron chi connectivity index (χ3n) is 3.01. The molecule has 0 radical (unpaired) electrons. The van der Waals surface area contributed by atoms with Gasteiger partial charge in [0.05, 0.1) is 10.9 Å². The molecule has 0 amide bonds. The van der Waals surface area contributed by atoms with Crippen molar-refractivity contribution in [1.29, 1.82) is 0 Å². The molecule has 0 bridgehead atoms. The summed E-state index contributed by atoms with van der Waals surface area (Å²) < 4.78 is 27.2. The van der Waals surface area contributed by atoms with Gasteiger partial charge in [-0.1, -0.05) is 12.1 Å². The van der Waals surface area contributed by atoms with Crippen LogP contribution in [0.3, 0.4) is 0 Å². The first-order chi connectivity index (χ1) is 10.0. The topological polar surface area (TPSA) is 79.3 Å². The minimum Gasteiger partial charge on any atom is -0.396 e. The molecular formula is C14H18N2O3S2. The lowest BCUT2D eigenvalue weighted by molar-refractivity contribution is 0.288. The highest BCUT2D eigenvalue weighted by molar-refractivity contribution is 7.89. The van der Waals surface area contributed by atoms with Crippen LogP contribution in [-0.4, -0.2) is 25.1 Å². The summed E-state index contributed by atoms with van der Waals surface area (Å²) in [5.41, 5.74) is 1.01. The zero-order valence-corrected chi connectivity index (χ0v) is 13.3. The van der Waals surface area contributed by atoms with Crippen molar-refractivity contribution in [2.24, 2.45) is 0 Å². The van der Waals surface area contributed by atoms with E-state index in [4.69, 9.17) is 5.11 Å². The van der Waals surface area contributed by atoms with Crippen LogP contribution in [0.4, 0.5) is 0 Å². The molecule has 1 heterocycles. The Labute approximate surface area is 128 Å². The van der Waals surface area contributed by atoms with Gasteiger partial charge in [0, 0.05) is 18.2 Å². The number of benzene rings is 1. The molecular weight excluding hydrogens is 308 g/mol. The van der Waals surface area contributed by atoms with Crippen LogP contribution in [0.25, 0.3) is 0 Å². The van der Waals surface area contributed by atoms with Crippen LogP contribution in [0.5, 0.6) is 0 Å². The van der Waals surface area contributed by atoms with Crippen LogP contribution in [0.15, 0.2) is 40.7 Å². The minimum atomic E-state index is -3.56. The molecule has 1 aromatic heterocycles. The SMILES string of the molecule is CC(NS(=O)(=O)c1ccc(CCCO)cc1)c1nccs1. The van der Waals surface area contributed by atoms with Gasteiger partial charge in [-0.3, -0.25) is 0 Å². The Balaban J connectivity index is 2.08. The van der Waals surface area contributed by atoms with Crippen LogP contribution in [0.2, 0.25) is 0 Å². The Kier molecular flexibility index (Phi) is 5.46. The van der Waals surface area contributed by atoms with Crippen molar-refractivity contribution in [3.05, 3.63) is 46.4 Å². The van der Waals surface area contributed by atoms with E-state index in [1.54, 1.807) is 37.4 Å². The number of hydrogen-bond acceptors (Lipinski definition) is 5. The zero-order chi connectivity index (χ0) is 15.3. The highest BCUT2D eigenvalue weighted by Gasteiger charge is 2.19. The molecule has 2 N–H and O–H groups in total. The van der Waals surface area contributed by atoms with Crippen LogP contribution in [-0.2, 0) is 16.4 Å². The van der Waals surface area contributed by atoms with Crippen LogP contribution in [0.1, 0.15) is 30.0 Å². The van der Waals surface area contributed by atoms with Gasteiger partial charge in [-0.05, 0) is 37.5 Å². The van der Waals surface area contributed by atoms with E-state index >= 15 is 0 Å². The van der Waals surface area contributed by atoms with Crippen LogP contribution >= 0.6 is 11.3 Å². The van der Waals surface area contributed by atoms with E-state index in [2.05, 4.69) is 9.71 Å². The Morgan fingerprint density at radius 1 is 1.33 bits per heavy atom. The monoisotopic (exact) mass is 326 g/mol. The maximum Gasteiger partial charge on any atom is 0.241 e. The Bertz CT molecular complexity index is 652.